The Balaban J connectivity index is 1.62. The number of methoxy groups -OCH3 is 2. The van der Waals surface area contributed by atoms with E-state index in [-0.39, 0.29) is 6.03 Å². The molecule has 0 bridgehead atoms. The first kappa shape index (κ1) is 20.6. The van der Waals surface area contributed by atoms with Crippen LogP contribution in [-0.2, 0) is 6.18 Å². The molecule has 1 aliphatic rings. The molecule has 29 heavy (non-hydrogen) atoms. The monoisotopic (exact) mass is 409 g/mol. The number of carbonyl (C=O) groups excluding carboxylic acids is 1. The molecule has 1 aliphatic heterocycles. The molecule has 1 fully saturated rings. The lowest BCUT2D eigenvalue weighted by Gasteiger charge is -2.36. The van der Waals surface area contributed by atoms with E-state index in [0.717, 1.165) is 12.1 Å². The van der Waals surface area contributed by atoms with E-state index in [0.29, 0.717) is 49.1 Å². The van der Waals surface area contributed by atoms with Crippen molar-refractivity contribution in [1.82, 2.24) is 4.90 Å². The Morgan fingerprint density at radius 2 is 1.72 bits per heavy atom. The molecule has 3 rings (SSSR count). The largest absolute Gasteiger partial charge is 0.497 e. The quantitative estimate of drug-likeness (QED) is 0.827. The number of urea groups is 1. The summed E-state index contributed by atoms with van der Waals surface area (Å²) in [6, 6.07) is 10.0. The average molecular weight is 409 g/mol. The number of piperazine rings is 1. The van der Waals surface area contributed by atoms with Crippen LogP contribution in [-0.4, -0.2) is 51.3 Å². The number of ether oxygens (including phenoxy) is 2. The molecule has 2 amide bonds. The number of nitrogens with zero attached hydrogens (tertiary/aromatic N) is 2. The molecule has 156 valence electrons. The molecule has 2 aromatic rings. The summed E-state index contributed by atoms with van der Waals surface area (Å²) >= 11 is 0. The van der Waals surface area contributed by atoms with Crippen LogP contribution in [0.2, 0.25) is 0 Å². The zero-order valence-electron chi connectivity index (χ0n) is 16.1. The minimum Gasteiger partial charge on any atom is -0.497 e. The highest BCUT2D eigenvalue weighted by Gasteiger charge is 2.31. The maximum atomic E-state index is 12.9. The third-order valence-corrected chi connectivity index (χ3v) is 4.76. The van der Waals surface area contributed by atoms with Crippen molar-refractivity contribution in [3.8, 4) is 11.5 Å². The standard InChI is InChI=1S/C20H22F3N3O3/c1-28-16-6-7-17(18(13-16)29-2)24-19(27)26-10-8-25(9-11-26)15-5-3-4-14(12-15)20(21,22)23/h3-7,12-13H,8-11H2,1-2H3,(H,24,27). The summed E-state index contributed by atoms with van der Waals surface area (Å²) in [4.78, 5) is 16.0. The Morgan fingerprint density at radius 3 is 2.34 bits per heavy atom. The number of anilines is 2. The first-order valence-electron chi connectivity index (χ1n) is 9.02. The molecule has 0 atom stereocenters. The number of alkyl halides is 3. The molecule has 0 aromatic heterocycles. The topological polar surface area (TPSA) is 54.0 Å². The van der Waals surface area contributed by atoms with E-state index in [9.17, 15) is 18.0 Å². The molecule has 0 unspecified atom stereocenters. The van der Waals surface area contributed by atoms with Gasteiger partial charge in [-0.05, 0) is 30.3 Å². The van der Waals surface area contributed by atoms with Crippen molar-refractivity contribution in [3.63, 3.8) is 0 Å². The number of nitrogens with one attached hydrogen (secondary N) is 1. The van der Waals surface area contributed by atoms with E-state index in [1.54, 1.807) is 29.2 Å². The second-order valence-corrected chi connectivity index (χ2v) is 6.52. The van der Waals surface area contributed by atoms with Gasteiger partial charge in [-0.2, -0.15) is 13.2 Å². The van der Waals surface area contributed by atoms with Crippen LogP contribution >= 0.6 is 0 Å². The number of rotatable bonds is 4. The molecule has 1 saturated heterocycles. The van der Waals surface area contributed by atoms with E-state index in [1.165, 1.54) is 20.3 Å². The Bertz CT molecular complexity index is 866. The highest BCUT2D eigenvalue weighted by molar-refractivity contribution is 5.91. The fourth-order valence-corrected chi connectivity index (χ4v) is 3.14. The highest BCUT2D eigenvalue weighted by atomic mass is 19.4. The summed E-state index contributed by atoms with van der Waals surface area (Å²) in [6.07, 6.45) is -4.38. The van der Waals surface area contributed by atoms with Crippen LogP contribution in [0.5, 0.6) is 11.5 Å². The van der Waals surface area contributed by atoms with E-state index >= 15 is 0 Å². The van der Waals surface area contributed by atoms with Crippen molar-refractivity contribution in [2.45, 2.75) is 6.18 Å². The van der Waals surface area contributed by atoms with Crippen LogP contribution in [0.1, 0.15) is 5.56 Å². The van der Waals surface area contributed by atoms with Crippen LogP contribution in [0, 0.1) is 0 Å². The van der Waals surface area contributed by atoms with Gasteiger partial charge in [0, 0.05) is 37.9 Å². The summed E-state index contributed by atoms with van der Waals surface area (Å²) in [5.74, 6) is 1.08. The molecule has 0 spiro atoms. The van der Waals surface area contributed by atoms with Gasteiger partial charge in [0.2, 0.25) is 0 Å². The summed E-state index contributed by atoms with van der Waals surface area (Å²) in [5.41, 5.74) is 0.331. The smallest absolute Gasteiger partial charge is 0.416 e. The van der Waals surface area contributed by atoms with Crippen LogP contribution in [0.25, 0.3) is 0 Å². The Kier molecular flexibility index (Phi) is 6.05. The molecule has 2 aromatic carbocycles. The van der Waals surface area contributed by atoms with Crippen molar-refractivity contribution in [3.05, 3.63) is 48.0 Å². The zero-order chi connectivity index (χ0) is 21.0. The fourth-order valence-electron chi connectivity index (χ4n) is 3.14. The maximum Gasteiger partial charge on any atom is 0.416 e. The number of benzene rings is 2. The number of carbonyl (C=O) groups is 1. The van der Waals surface area contributed by atoms with Crippen molar-refractivity contribution >= 4 is 17.4 Å². The normalized spacial score (nSPS) is 14.5. The molecule has 0 aliphatic carbocycles. The van der Waals surface area contributed by atoms with E-state index < -0.39 is 11.7 Å². The van der Waals surface area contributed by atoms with Gasteiger partial charge < -0.3 is 24.6 Å². The molecular formula is C20H22F3N3O3. The van der Waals surface area contributed by atoms with Gasteiger partial charge in [0.1, 0.15) is 11.5 Å². The van der Waals surface area contributed by atoms with Gasteiger partial charge in [0.05, 0.1) is 25.5 Å². The fraction of sp³-hybridized carbons (Fsp3) is 0.350. The van der Waals surface area contributed by atoms with Gasteiger partial charge in [-0.3, -0.25) is 0 Å². The van der Waals surface area contributed by atoms with Crippen molar-refractivity contribution < 1.29 is 27.4 Å². The van der Waals surface area contributed by atoms with E-state index in [1.807, 2.05) is 4.90 Å². The lowest BCUT2D eigenvalue weighted by Crippen LogP contribution is -2.50. The first-order valence-corrected chi connectivity index (χ1v) is 9.02. The number of halogens is 3. The van der Waals surface area contributed by atoms with Gasteiger partial charge in [0.25, 0.3) is 0 Å². The van der Waals surface area contributed by atoms with Crippen molar-refractivity contribution in [1.29, 1.82) is 0 Å². The summed E-state index contributed by atoms with van der Waals surface area (Å²) in [5, 5.41) is 2.81. The van der Waals surface area contributed by atoms with E-state index in [2.05, 4.69) is 5.32 Å². The zero-order valence-corrected chi connectivity index (χ0v) is 16.1. The summed E-state index contributed by atoms with van der Waals surface area (Å²) in [7, 11) is 3.04. The maximum absolute atomic E-state index is 12.9. The predicted molar refractivity (Wildman–Crippen MR) is 104 cm³/mol. The van der Waals surface area contributed by atoms with Crippen molar-refractivity contribution in [2.75, 3.05) is 50.6 Å². The molecular weight excluding hydrogens is 387 g/mol. The summed E-state index contributed by atoms with van der Waals surface area (Å²) < 4.78 is 49.2. The minimum atomic E-state index is -4.38. The second-order valence-electron chi connectivity index (χ2n) is 6.52. The molecule has 6 nitrogen and oxygen atoms in total. The molecule has 9 heteroatoms. The Morgan fingerprint density at radius 1 is 1.00 bits per heavy atom. The van der Waals surface area contributed by atoms with Gasteiger partial charge in [-0.15, -0.1) is 0 Å². The van der Waals surface area contributed by atoms with E-state index in [4.69, 9.17) is 9.47 Å². The first-order chi connectivity index (χ1) is 13.8. The third kappa shape index (κ3) is 4.85. The minimum absolute atomic E-state index is 0.294. The SMILES string of the molecule is COc1ccc(NC(=O)N2CCN(c3cccc(C(F)(F)F)c3)CC2)c(OC)c1. The second kappa shape index (κ2) is 8.50. The number of amides is 2. The third-order valence-electron chi connectivity index (χ3n) is 4.76. The van der Waals surface area contributed by atoms with Crippen LogP contribution in [0.4, 0.5) is 29.3 Å². The summed E-state index contributed by atoms with van der Waals surface area (Å²) in [6.45, 7) is 1.66. The van der Waals surface area contributed by atoms with Gasteiger partial charge in [0.15, 0.2) is 0 Å². The lowest BCUT2D eigenvalue weighted by atomic mass is 10.1. The Hall–Kier alpha value is -3.10. The molecule has 0 radical (unpaired) electrons. The predicted octanol–water partition coefficient (Wildman–Crippen LogP) is 4.08. The van der Waals surface area contributed by atoms with Gasteiger partial charge >= 0.3 is 12.2 Å². The van der Waals surface area contributed by atoms with Crippen LogP contribution in [0.15, 0.2) is 42.5 Å². The van der Waals surface area contributed by atoms with Crippen LogP contribution < -0.4 is 19.7 Å². The Labute approximate surface area is 166 Å². The molecule has 1 N–H and O–H groups in total. The van der Waals surface area contributed by atoms with Crippen molar-refractivity contribution in [2.24, 2.45) is 0 Å². The van der Waals surface area contributed by atoms with Crippen LogP contribution in [0.3, 0.4) is 0 Å². The van der Waals surface area contributed by atoms with Gasteiger partial charge in [-0.25, -0.2) is 4.79 Å². The van der Waals surface area contributed by atoms with Gasteiger partial charge in [-0.1, -0.05) is 6.07 Å². The number of hydrogen-bond acceptors (Lipinski definition) is 4. The number of hydrogen-bond donors (Lipinski definition) is 1. The lowest BCUT2D eigenvalue weighted by molar-refractivity contribution is -0.137. The average Bonchev–Trinajstić information content (AvgIpc) is 2.73. The molecule has 1 heterocycles. The highest BCUT2D eigenvalue weighted by Crippen LogP contribution is 2.32. The molecule has 0 saturated carbocycles.